The van der Waals surface area contributed by atoms with Gasteiger partial charge in [0.1, 0.15) is 0 Å². The number of fused-ring (bicyclic) bond motifs is 1. The van der Waals surface area contributed by atoms with E-state index in [1.54, 1.807) is 13.0 Å². The van der Waals surface area contributed by atoms with E-state index in [0.29, 0.717) is 6.61 Å². The summed E-state index contributed by atoms with van der Waals surface area (Å²) in [6.45, 7) is 4.41. The SMILES string of the molecule is CCC[C@H]1CC[C@H]([C@H]2CC[C@H](CCC3CCc4cc(OCC)c(F)c(F)c4O3)CC2)CC1. The number of ether oxygens (including phenoxy) is 2. The van der Waals surface area contributed by atoms with Crippen LogP contribution in [-0.4, -0.2) is 12.7 Å². The smallest absolute Gasteiger partial charge is 0.204 e. The molecular weight excluding hydrogens is 406 g/mol. The molecule has 1 aromatic rings. The molecule has 4 rings (SSSR count). The first-order valence-corrected chi connectivity index (χ1v) is 13.4. The van der Waals surface area contributed by atoms with Crippen LogP contribution in [-0.2, 0) is 6.42 Å². The van der Waals surface area contributed by atoms with Crippen LogP contribution in [0.1, 0.15) is 103 Å². The molecule has 0 spiro atoms. The number of benzene rings is 1. The summed E-state index contributed by atoms with van der Waals surface area (Å²) < 4.78 is 40.0. The molecule has 0 amide bonds. The minimum absolute atomic E-state index is 0.000843. The molecule has 0 bridgehead atoms. The second-order valence-electron chi connectivity index (χ2n) is 10.6. The highest BCUT2D eigenvalue weighted by Crippen LogP contribution is 2.43. The molecule has 32 heavy (non-hydrogen) atoms. The molecule has 0 aromatic heterocycles. The molecular formula is C28H42F2O2. The fourth-order valence-corrected chi connectivity index (χ4v) is 6.68. The van der Waals surface area contributed by atoms with Crippen LogP contribution < -0.4 is 9.47 Å². The van der Waals surface area contributed by atoms with E-state index < -0.39 is 11.6 Å². The van der Waals surface area contributed by atoms with Crippen LogP contribution in [0.5, 0.6) is 11.5 Å². The molecule has 2 nitrogen and oxygen atoms in total. The Morgan fingerprint density at radius 2 is 1.44 bits per heavy atom. The van der Waals surface area contributed by atoms with Gasteiger partial charge in [-0.15, -0.1) is 0 Å². The van der Waals surface area contributed by atoms with Crippen molar-refractivity contribution in [2.45, 2.75) is 110 Å². The largest absolute Gasteiger partial charge is 0.491 e. The van der Waals surface area contributed by atoms with Gasteiger partial charge in [0.2, 0.25) is 11.6 Å². The molecule has 2 saturated carbocycles. The van der Waals surface area contributed by atoms with Crippen LogP contribution >= 0.6 is 0 Å². The fourth-order valence-electron chi connectivity index (χ4n) is 6.68. The Balaban J connectivity index is 1.21. The van der Waals surface area contributed by atoms with E-state index in [4.69, 9.17) is 9.47 Å². The molecule has 4 heteroatoms. The molecule has 1 aliphatic heterocycles. The summed E-state index contributed by atoms with van der Waals surface area (Å²) in [6, 6.07) is 1.62. The van der Waals surface area contributed by atoms with E-state index in [1.165, 1.54) is 64.2 Å². The highest BCUT2D eigenvalue weighted by atomic mass is 19.2. The molecule has 2 fully saturated rings. The Kier molecular flexibility index (Phi) is 8.34. The number of halogens is 2. The maximum Gasteiger partial charge on any atom is 0.204 e. The fraction of sp³-hybridized carbons (Fsp3) is 0.786. The Hall–Kier alpha value is -1.32. The zero-order valence-corrected chi connectivity index (χ0v) is 20.1. The topological polar surface area (TPSA) is 18.5 Å². The number of hydrogen-bond donors (Lipinski definition) is 0. The van der Waals surface area contributed by atoms with Crippen molar-refractivity contribution in [3.63, 3.8) is 0 Å². The maximum absolute atomic E-state index is 14.5. The van der Waals surface area contributed by atoms with Crippen LogP contribution in [0.3, 0.4) is 0 Å². The number of rotatable bonds is 8. The van der Waals surface area contributed by atoms with Gasteiger partial charge in [0.05, 0.1) is 12.7 Å². The second-order valence-corrected chi connectivity index (χ2v) is 10.6. The molecule has 0 radical (unpaired) electrons. The summed E-state index contributed by atoms with van der Waals surface area (Å²) in [5.41, 5.74) is 0.734. The third kappa shape index (κ3) is 5.59. The predicted octanol–water partition coefficient (Wildman–Crippen LogP) is 8.25. The van der Waals surface area contributed by atoms with Gasteiger partial charge in [-0.3, -0.25) is 0 Å². The molecule has 3 aliphatic rings. The van der Waals surface area contributed by atoms with Gasteiger partial charge in [-0.05, 0) is 88.0 Å². The van der Waals surface area contributed by atoms with Crippen molar-refractivity contribution in [1.82, 2.24) is 0 Å². The van der Waals surface area contributed by atoms with Gasteiger partial charge < -0.3 is 9.47 Å². The van der Waals surface area contributed by atoms with Gasteiger partial charge in [0.25, 0.3) is 0 Å². The highest BCUT2D eigenvalue weighted by Gasteiger charge is 2.32. The zero-order valence-electron chi connectivity index (χ0n) is 20.1. The van der Waals surface area contributed by atoms with Crippen molar-refractivity contribution in [2.24, 2.45) is 23.7 Å². The Morgan fingerprint density at radius 1 is 0.812 bits per heavy atom. The monoisotopic (exact) mass is 448 g/mol. The van der Waals surface area contributed by atoms with Crippen molar-refractivity contribution >= 4 is 0 Å². The van der Waals surface area contributed by atoms with Crippen molar-refractivity contribution in [3.8, 4) is 11.5 Å². The standard InChI is InChI=1S/C28H42F2O2/c1-3-5-19-6-11-21(12-7-19)22-13-8-20(9-14-22)10-16-24-17-15-23-18-25(31-4-2)26(29)27(30)28(23)32-24/h18-22,24H,3-17H2,1-2H3/t19-,20-,21-,22-,24?. The quantitative estimate of drug-likeness (QED) is 0.398. The minimum atomic E-state index is -0.923. The minimum Gasteiger partial charge on any atom is -0.491 e. The van der Waals surface area contributed by atoms with Crippen LogP contribution in [0.15, 0.2) is 6.07 Å². The van der Waals surface area contributed by atoms with Gasteiger partial charge in [-0.2, -0.15) is 8.78 Å². The Labute approximate surface area is 193 Å². The number of hydrogen-bond acceptors (Lipinski definition) is 2. The summed E-state index contributed by atoms with van der Waals surface area (Å²) in [4.78, 5) is 0. The lowest BCUT2D eigenvalue weighted by molar-refractivity contribution is 0.119. The summed E-state index contributed by atoms with van der Waals surface area (Å²) in [6.07, 6.45) is 17.8. The summed E-state index contributed by atoms with van der Waals surface area (Å²) in [5, 5.41) is 0. The average molecular weight is 449 g/mol. The van der Waals surface area contributed by atoms with Gasteiger partial charge in [0.15, 0.2) is 11.5 Å². The molecule has 180 valence electrons. The van der Waals surface area contributed by atoms with Crippen LogP contribution in [0.25, 0.3) is 0 Å². The molecule has 0 saturated heterocycles. The third-order valence-electron chi connectivity index (χ3n) is 8.57. The van der Waals surface area contributed by atoms with Gasteiger partial charge in [-0.1, -0.05) is 45.4 Å². The van der Waals surface area contributed by atoms with Crippen LogP contribution in [0.4, 0.5) is 8.78 Å². The van der Waals surface area contributed by atoms with E-state index in [9.17, 15) is 8.78 Å². The lowest BCUT2D eigenvalue weighted by atomic mass is 9.68. The van der Waals surface area contributed by atoms with Crippen molar-refractivity contribution in [2.75, 3.05) is 6.61 Å². The van der Waals surface area contributed by atoms with Gasteiger partial charge in [0, 0.05) is 5.56 Å². The van der Waals surface area contributed by atoms with E-state index in [2.05, 4.69) is 6.92 Å². The first-order chi connectivity index (χ1) is 15.6. The van der Waals surface area contributed by atoms with Crippen LogP contribution in [0.2, 0.25) is 0 Å². The summed E-state index contributed by atoms with van der Waals surface area (Å²) in [5.74, 6) is 2.00. The highest BCUT2D eigenvalue weighted by molar-refractivity contribution is 5.44. The first-order valence-electron chi connectivity index (χ1n) is 13.4. The van der Waals surface area contributed by atoms with Gasteiger partial charge in [-0.25, -0.2) is 0 Å². The second kappa shape index (κ2) is 11.2. The maximum atomic E-state index is 14.5. The van der Waals surface area contributed by atoms with Crippen LogP contribution in [0, 0.1) is 35.3 Å². The molecule has 1 aromatic carbocycles. The molecule has 1 heterocycles. The summed E-state index contributed by atoms with van der Waals surface area (Å²) >= 11 is 0. The van der Waals surface area contributed by atoms with Crippen molar-refractivity contribution < 1.29 is 18.3 Å². The van der Waals surface area contributed by atoms with Gasteiger partial charge >= 0.3 is 0 Å². The summed E-state index contributed by atoms with van der Waals surface area (Å²) in [7, 11) is 0. The average Bonchev–Trinajstić information content (AvgIpc) is 2.82. The Morgan fingerprint density at radius 3 is 2.03 bits per heavy atom. The van der Waals surface area contributed by atoms with E-state index in [-0.39, 0.29) is 17.6 Å². The van der Waals surface area contributed by atoms with Crippen molar-refractivity contribution in [1.29, 1.82) is 0 Å². The van der Waals surface area contributed by atoms with E-state index in [0.717, 1.165) is 54.9 Å². The molecule has 2 aliphatic carbocycles. The number of aryl methyl sites for hydroxylation is 1. The lowest BCUT2D eigenvalue weighted by Crippen LogP contribution is -2.27. The molecule has 1 atom stereocenters. The third-order valence-corrected chi connectivity index (χ3v) is 8.57. The molecule has 0 N–H and O–H groups in total. The zero-order chi connectivity index (χ0) is 22.5. The van der Waals surface area contributed by atoms with E-state index >= 15 is 0 Å². The van der Waals surface area contributed by atoms with Crippen molar-refractivity contribution in [3.05, 3.63) is 23.3 Å². The van der Waals surface area contributed by atoms with E-state index in [1.807, 2.05) is 0 Å². The Bertz CT molecular complexity index is 733. The normalized spacial score (nSPS) is 30.4. The first kappa shape index (κ1) is 23.8. The predicted molar refractivity (Wildman–Crippen MR) is 125 cm³/mol. The molecule has 1 unspecified atom stereocenters. The lowest BCUT2D eigenvalue weighted by Gasteiger charge is -2.38.